The number of aryl methyl sites for hydroxylation is 1. The van der Waals surface area contributed by atoms with Gasteiger partial charge >= 0.3 is 0 Å². The Bertz CT molecular complexity index is 701. The number of hydrogen-bond donors (Lipinski definition) is 1. The normalized spacial score (nSPS) is 20.1. The molecule has 21 heavy (non-hydrogen) atoms. The highest BCUT2D eigenvalue weighted by Crippen LogP contribution is 2.34. The van der Waals surface area contributed by atoms with Gasteiger partial charge in [0.15, 0.2) is 0 Å². The van der Waals surface area contributed by atoms with Gasteiger partial charge < -0.3 is 5.32 Å². The molecule has 3 rings (SSSR count). The van der Waals surface area contributed by atoms with Gasteiger partial charge in [0.25, 0.3) is 5.91 Å². The zero-order valence-corrected chi connectivity index (χ0v) is 12.3. The average molecular weight is 304 g/mol. The lowest BCUT2D eigenvalue weighted by atomic mass is 10.1. The minimum Gasteiger partial charge on any atom is -0.344 e. The van der Waals surface area contributed by atoms with E-state index < -0.39 is 11.7 Å². The number of halogens is 2. The Morgan fingerprint density at radius 1 is 1.24 bits per heavy atom. The predicted octanol–water partition coefficient (Wildman–Crippen LogP) is 3.77. The number of carbonyl (C=O) groups is 1. The largest absolute Gasteiger partial charge is 0.344 e. The molecule has 4 heteroatoms. The lowest BCUT2D eigenvalue weighted by Crippen LogP contribution is -2.32. The molecule has 0 radical (unpaired) electrons. The first-order chi connectivity index (χ1) is 10.1. The summed E-state index contributed by atoms with van der Waals surface area (Å²) in [5.41, 5.74) is 2.66. The molecule has 1 aliphatic carbocycles. The van der Waals surface area contributed by atoms with E-state index in [1.165, 1.54) is 6.07 Å². The highest BCUT2D eigenvalue weighted by molar-refractivity contribution is 6.21. The summed E-state index contributed by atoms with van der Waals surface area (Å²) in [6, 6.07) is 12.3. The topological polar surface area (TPSA) is 29.1 Å². The molecule has 0 aliphatic heterocycles. The zero-order valence-electron chi connectivity index (χ0n) is 11.6. The molecule has 2 aromatic rings. The van der Waals surface area contributed by atoms with Gasteiger partial charge in [-0.25, -0.2) is 4.39 Å². The van der Waals surface area contributed by atoms with Crippen LogP contribution in [0, 0.1) is 12.7 Å². The van der Waals surface area contributed by atoms with E-state index >= 15 is 0 Å². The van der Waals surface area contributed by atoms with E-state index in [1.54, 1.807) is 19.1 Å². The van der Waals surface area contributed by atoms with Crippen molar-refractivity contribution in [2.24, 2.45) is 0 Å². The van der Waals surface area contributed by atoms with Crippen molar-refractivity contribution in [1.82, 2.24) is 5.32 Å². The summed E-state index contributed by atoms with van der Waals surface area (Å²) in [6.45, 7) is 1.64. The first-order valence-corrected chi connectivity index (χ1v) is 7.29. The van der Waals surface area contributed by atoms with Gasteiger partial charge in [0.1, 0.15) is 5.82 Å². The highest BCUT2D eigenvalue weighted by atomic mass is 35.5. The first-order valence-electron chi connectivity index (χ1n) is 6.86. The standard InChI is InChI=1S/C17H15ClFNO/c1-10-5-4-8-13(15(10)19)17(21)20-16-12-7-3-2-6-11(12)9-14(16)18/h2-8,14,16H,9H2,1H3,(H,20,21). The van der Waals surface area contributed by atoms with Crippen LogP contribution in [0.1, 0.15) is 33.1 Å². The van der Waals surface area contributed by atoms with Crippen LogP contribution in [0.5, 0.6) is 0 Å². The third-order valence-electron chi connectivity index (χ3n) is 3.89. The zero-order chi connectivity index (χ0) is 15.0. The molecule has 0 heterocycles. The third kappa shape index (κ3) is 2.54. The maximum absolute atomic E-state index is 14.0. The minimum absolute atomic E-state index is 0.0586. The second-order valence-corrected chi connectivity index (χ2v) is 5.87. The number of alkyl halides is 1. The number of benzene rings is 2. The van der Waals surface area contributed by atoms with Crippen molar-refractivity contribution >= 4 is 17.5 Å². The molecule has 2 nitrogen and oxygen atoms in total. The molecule has 108 valence electrons. The SMILES string of the molecule is Cc1cccc(C(=O)NC2c3ccccc3CC2Cl)c1F. The molecule has 0 saturated carbocycles. The van der Waals surface area contributed by atoms with Gasteiger partial charge in [-0.3, -0.25) is 4.79 Å². The molecule has 0 bridgehead atoms. The Morgan fingerprint density at radius 3 is 2.81 bits per heavy atom. The maximum Gasteiger partial charge on any atom is 0.254 e. The third-order valence-corrected chi connectivity index (χ3v) is 4.30. The molecule has 2 unspecified atom stereocenters. The smallest absolute Gasteiger partial charge is 0.254 e. The Kier molecular flexibility index (Phi) is 3.68. The molecule has 0 spiro atoms. The number of amides is 1. The highest BCUT2D eigenvalue weighted by Gasteiger charge is 2.32. The first kappa shape index (κ1) is 14.1. The van der Waals surface area contributed by atoms with Crippen LogP contribution in [-0.2, 0) is 6.42 Å². The fraction of sp³-hybridized carbons (Fsp3) is 0.235. The Morgan fingerprint density at radius 2 is 2.00 bits per heavy atom. The van der Waals surface area contributed by atoms with Crippen LogP contribution < -0.4 is 5.32 Å². The lowest BCUT2D eigenvalue weighted by molar-refractivity contribution is 0.0933. The molecular formula is C17H15ClFNO. The van der Waals surface area contributed by atoms with Crippen molar-refractivity contribution in [3.05, 3.63) is 70.5 Å². The van der Waals surface area contributed by atoms with E-state index in [0.717, 1.165) is 11.1 Å². The number of hydrogen-bond acceptors (Lipinski definition) is 1. The lowest BCUT2D eigenvalue weighted by Gasteiger charge is -2.18. The molecule has 2 aromatic carbocycles. The Balaban J connectivity index is 1.87. The Hall–Kier alpha value is -1.87. The molecule has 1 amide bonds. The van der Waals surface area contributed by atoms with Crippen molar-refractivity contribution in [2.45, 2.75) is 24.8 Å². The van der Waals surface area contributed by atoms with Gasteiger partial charge in [-0.05, 0) is 36.1 Å². The van der Waals surface area contributed by atoms with Crippen LogP contribution in [-0.4, -0.2) is 11.3 Å². The van der Waals surface area contributed by atoms with E-state index in [1.807, 2.05) is 24.3 Å². The molecule has 0 fully saturated rings. The van der Waals surface area contributed by atoms with Gasteiger partial charge in [-0.15, -0.1) is 11.6 Å². The second kappa shape index (κ2) is 5.49. The molecule has 2 atom stereocenters. The van der Waals surface area contributed by atoms with Crippen LogP contribution in [0.25, 0.3) is 0 Å². The quantitative estimate of drug-likeness (QED) is 0.841. The summed E-state index contributed by atoms with van der Waals surface area (Å²) in [6.07, 6.45) is 0.707. The van der Waals surface area contributed by atoms with Gasteiger partial charge in [0.05, 0.1) is 17.0 Å². The van der Waals surface area contributed by atoms with E-state index in [9.17, 15) is 9.18 Å². The second-order valence-electron chi connectivity index (χ2n) is 5.31. The summed E-state index contributed by atoms with van der Waals surface area (Å²) in [5, 5.41) is 2.65. The average Bonchev–Trinajstić information content (AvgIpc) is 2.78. The number of rotatable bonds is 2. The summed E-state index contributed by atoms with van der Waals surface area (Å²) in [5.74, 6) is -0.907. The van der Waals surface area contributed by atoms with Crippen LogP contribution in [0.15, 0.2) is 42.5 Å². The van der Waals surface area contributed by atoms with Crippen molar-refractivity contribution in [3.63, 3.8) is 0 Å². The van der Waals surface area contributed by atoms with E-state index in [4.69, 9.17) is 11.6 Å². The summed E-state index contributed by atoms with van der Waals surface area (Å²) in [7, 11) is 0. The number of fused-ring (bicyclic) bond motifs is 1. The minimum atomic E-state index is -0.479. The fourth-order valence-corrected chi connectivity index (χ4v) is 3.12. The summed E-state index contributed by atoms with van der Waals surface area (Å²) >= 11 is 6.34. The van der Waals surface area contributed by atoms with E-state index in [2.05, 4.69) is 5.32 Å². The molecule has 1 N–H and O–H groups in total. The molecular weight excluding hydrogens is 289 g/mol. The van der Waals surface area contributed by atoms with Crippen LogP contribution in [0.2, 0.25) is 0 Å². The number of nitrogens with one attached hydrogen (secondary N) is 1. The van der Waals surface area contributed by atoms with E-state index in [0.29, 0.717) is 12.0 Å². The fourth-order valence-electron chi connectivity index (χ4n) is 2.76. The van der Waals surface area contributed by atoms with E-state index in [-0.39, 0.29) is 17.0 Å². The summed E-state index contributed by atoms with van der Waals surface area (Å²) in [4.78, 5) is 12.3. The van der Waals surface area contributed by atoms with Crippen molar-refractivity contribution in [2.75, 3.05) is 0 Å². The van der Waals surface area contributed by atoms with Crippen LogP contribution in [0.4, 0.5) is 4.39 Å². The number of carbonyl (C=O) groups excluding carboxylic acids is 1. The van der Waals surface area contributed by atoms with Crippen molar-refractivity contribution in [1.29, 1.82) is 0 Å². The van der Waals surface area contributed by atoms with Gasteiger partial charge in [-0.1, -0.05) is 36.4 Å². The van der Waals surface area contributed by atoms with Gasteiger partial charge in [0, 0.05) is 0 Å². The van der Waals surface area contributed by atoms with Gasteiger partial charge in [0.2, 0.25) is 0 Å². The Labute approximate surface area is 127 Å². The molecule has 0 saturated heterocycles. The van der Waals surface area contributed by atoms with Crippen molar-refractivity contribution < 1.29 is 9.18 Å². The monoisotopic (exact) mass is 303 g/mol. The maximum atomic E-state index is 14.0. The predicted molar refractivity (Wildman–Crippen MR) is 81.1 cm³/mol. The summed E-state index contributed by atoms with van der Waals surface area (Å²) < 4.78 is 14.0. The van der Waals surface area contributed by atoms with Crippen LogP contribution >= 0.6 is 11.6 Å². The van der Waals surface area contributed by atoms with Gasteiger partial charge in [-0.2, -0.15) is 0 Å². The van der Waals surface area contributed by atoms with Crippen molar-refractivity contribution in [3.8, 4) is 0 Å². The van der Waals surface area contributed by atoms with Crippen LogP contribution in [0.3, 0.4) is 0 Å². The molecule has 1 aliphatic rings. The molecule has 0 aromatic heterocycles.